The minimum absolute atomic E-state index is 0.776. The number of thiophene rings is 1. The number of hydrogen-bond acceptors (Lipinski definition) is 2. The molecule has 17 heavy (non-hydrogen) atoms. The minimum Gasteiger partial charge on any atom is -0.297 e. The first-order valence-electron chi connectivity index (χ1n) is 5.48. The third kappa shape index (κ3) is 3.18. The van der Waals surface area contributed by atoms with Crippen molar-refractivity contribution < 1.29 is 4.79 Å². The van der Waals surface area contributed by atoms with E-state index in [0.29, 0.717) is 0 Å². The number of aryl methyl sites for hydroxylation is 3. The van der Waals surface area contributed by atoms with E-state index in [-0.39, 0.29) is 0 Å². The van der Waals surface area contributed by atoms with E-state index < -0.39 is 0 Å². The van der Waals surface area contributed by atoms with Gasteiger partial charge in [0.2, 0.25) is 0 Å². The van der Waals surface area contributed by atoms with Gasteiger partial charge in [0.15, 0.2) is 6.29 Å². The van der Waals surface area contributed by atoms with Gasteiger partial charge < -0.3 is 0 Å². The average molecular weight is 265 g/mol. The molecule has 0 spiro atoms. The number of benzene rings is 1. The summed E-state index contributed by atoms with van der Waals surface area (Å²) in [5.41, 5.74) is 2.49. The second kappa shape index (κ2) is 5.48. The molecule has 0 aliphatic rings. The normalized spacial score (nSPS) is 10.5. The highest BCUT2D eigenvalue weighted by atomic mass is 35.5. The molecule has 0 saturated carbocycles. The quantitative estimate of drug-likeness (QED) is 0.752. The molecule has 0 N–H and O–H groups in total. The number of hydrogen-bond donors (Lipinski definition) is 0. The van der Waals surface area contributed by atoms with Crippen LogP contribution in [0.2, 0.25) is 5.02 Å². The van der Waals surface area contributed by atoms with Gasteiger partial charge in [0.1, 0.15) is 0 Å². The maximum Gasteiger partial charge on any atom is 0.160 e. The summed E-state index contributed by atoms with van der Waals surface area (Å²) in [4.78, 5) is 12.7. The molecular formula is C14H13ClOS. The van der Waals surface area contributed by atoms with Gasteiger partial charge in [-0.25, -0.2) is 0 Å². The van der Waals surface area contributed by atoms with Gasteiger partial charge in [-0.3, -0.25) is 4.79 Å². The van der Waals surface area contributed by atoms with Gasteiger partial charge in [-0.1, -0.05) is 23.7 Å². The second-order valence-electron chi connectivity index (χ2n) is 3.98. The van der Waals surface area contributed by atoms with E-state index in [1.807, 2.05) is 24.3 Å². The average Bonchev–Trinajstić information content (AvgIpc) is 2.68. The van der Waals surface area contributed by atoms with Crippen molar-refractivity contribution in [3.05, 3.63) is 56.2 Å². The molecule has 1 heterocycles. The molecule has 0 aliphatic carbocycles. The van der Waals surface area contributed by atoms with Crippen LogP contribution in [0.5, 0.6) is 0 Å². The molecule has 3 heteroatoms. The predicted molar refractivity (Wildman–Crippen MR) is 73.3 cm³/mol. The topological polar surface area (TPSA) is 17.1 Å². The van der Waals surface area contributed by atoms with Gasteiger partial charge in [-0.05, 0) is 49.1 Å². The fraction of sp³-hybridized carbons (Fsp3) is 0.214. The Morgan fingerprint density at radius 1 is 1.29 bits per heavy atom. The SMILES string of the molecule is Cc1sc(C=O)cc1CCc1cccc(Cl)c1. The van der Waals surface area contributed by atoms with Crippen molar-refractivity contribution in [2.45, 2.75) is 19.8 Å². The van der Waals surface area contributed by atoms with Crippen molar-refractivity contribution in [2.75, 3.05) is 0 Å². The smallest absolute Gasteiger partial charge is 0.160 e. The maximum absolute atomic E-state index is 10.7. The van der Waals surface area contributed by atoms with Gasteiger partial charge in [0.25, 0.3) is 0 Å². The van der Waals surface area contributed by atoms with E-state index in [1.54, 1.807) is 11.3 Å². The number of aldehydes is 1. The van der Waals surface area contributed by atoms with Crippen molar-refractivity contribution in [3.8, 4) is 0 Å². The van der Waals surface area contributed by atoms with E-state index in [9.17, 15) is 4.79 Å². The van der Waals surface area contributed by atoms with Gasteiger partial charge >= 0.3 is 0 Å². The predicted octanol–water partition coefficient (Wildman–Crippen LogP) is 4.31. The van der Waals surface area contributed by atoms with Crippen LogP contribution in [0.3, 0.4) is 0 Å². The Bertz CT molecular complexity index is 531. The molecule has 1 aromatic carbocycles. The highest BCUT2D eigenvalue weighted by Crippen LogP contribution is 2.22. The molecule has 0 atom stereocenters. The summed E-state index contributed by atoms with van der Waals surface area (Å²) in [5.74, 6) is 0. The minimum atomic E-state index is 0.776. The van der Waals surface area contributed by atoms with Crippen LogP contribution in [0.25, 0.3) is 0 Å². The Labute approximate surface area is 110 Å². The molecule has 0 amide bonds. The van der Waals surface area contributed by atoms with E-state index in [0.717, 1.165) is 29.0 Å². The standard InChI is InChI=1S/C14H13ClOS/c1-10-12(8-14(9-16)17-10)6-5-11-3-2-4-13(15)7-11/h2-4,7-9H,5-6H2,1H3. The monoisotopic (exact) mass is 264 g/mol. The molecule has 0 saturated heterocycles. The molecule has 1 aromatic heterocycles. The largest absolute Gasteiger partial charge is 0.297 e. The van der Waals surface area contributed by atoms with Crippen molar-refractivity contribution in [2.24, 2.45) is 0 Å². The van der Waals surface area contributed by atoms with Crippen molar-refractivity contribution in [3.63, 3.8) is 0 Å². The van der Waals surface area contributed by atoms with Crippen LogP contribution in [-0.4, -0.2) is 6.29 Å². The van der Waals surface area contributed by atoms with Crippen LogP contribution in [-0.2, 0) is 12.8 Å². The van der Waals surface area contributed by atoms with Crippen LogP contribution in [0.15, 0.2) is 30.3 Å². The highest BCUT2D eigenvalue weighted by molar-refractivity contribution is 7.13. The molecule has 0 aliphatic heterocycles. The summed E-state index contributed by atoms with van der Waals surface area (Å²) in [7, 11) is 0. The van der Waals surface area contributed by atoms with Crippen molar-refractivity contribution >= 4 is 29.2 Å². The Balaban J connectivity index is 2.06. The Hall–Kier alpha value is -1.12. The zero-order valence-corrected chi connectivity index (χ0v) is 11.1. The van der Waals surface area contributed by atoms with E-state index in [2.05, 4.69) is 13.0 Å². The number of carbonyl (C=O) groups is 1. The second-order valence-corrected chi connectivity index (χ2v) is 5.70. The zero-order chi connectivity index (χ0) is 12.3. The fourth-order valence-electron chi connectivity index (χ4n) is 1.82. The third-order valence-corrected chi connectivity index (χ3v) is 3.98. The number of halogens is 1. The number of rotatable bonds is 4. The van der Waals surface area contributed by atoms with Crippen LogP contribution < -0.4 is 0 Å². The van der Waals surface area contributed by atoms with E-state index in [1.165, 1.54) is 16.0 Å². The summed E-state index contributed by atoms with van der Waals surface area (Å²) in [6, 6.07) is 9.90. The first-order valence-corrected chi connectivity index (χ1v) is 6.67. The molecule has 2 rings (SSSR count). The van der Waals surface area contributed by atoms with Crippen molar-refractivity contribution in [1.29, 1.82) is 0 Å². The summed E-state index contributed by atoms with van der Waals surface area (Å²) < 4.78 is 0. The van der Waals surface area contributed by atoms with Crippen LogP contribution in [0.4, 0.5) is 0 Å². The molecular weight excluding hydrogens is 252 g/mol. The summed E-state index contributed by atoms with van der Waals surface area (Å²) in [6.45, 7) is 2.06. The van der Waals surface area contributed by atoms with Gasteiger partial charge in [-0.2, -0.15) is 0 Å². The van der Waals surface area contributed by atoms with Crippen LogP contribution >= 0.6 is 22.9 Å². The van der Waals surface area contributed by atoms with Crippen LogP contribution in [0, 0.1) is 6.92 Å². The third-order valence-electron chi connectivity index (χ3n) is 2.73. The fourth-order valence-corrected chi connectivity index (χ4v) is 2.93. The van der Waals surface area contributed by atoms with Gasteiger partial charge in [0, 0.05) is 9.90 Å². The Kier molecular flexibility index (Phi) is 3.97. The molecule has 0 unspecified atom stereocenters. The van der Waals surface area contributed by atoms with Crippen LogP contribution in [0.1, 0.15) is 25.7 Å². The highest BCUT2D eigenvalue weighted by Gasteiger charge is 2.05. The molecule has 88 valence electrons. The number of carbonyl (C=O) groups excluding carboxylic acids is 1. The summed E-state index contributed by atoms with van der Waals surface area (Å²) in [6.07, 6.45) is 2.83. The molecule has 1 nitrogen and oxygen atoms in total. The lowest BCUT2D eigenvalue weighted by Gasteiger charge is -2.01. The van der Waals surface area contributed by atoms with Gasteiger partial charge in [0.05, 0.1) is 4.88 Å². The lowest BCUT2D eigenvalue weighted by Crippen LogP contribution is -1.91. The molecule has 0 bridgehead atoms. The maximum atomic E-state index is 10.7. The molecule has 2 aromatic rings. The first kappa shape index (κ1) is 12.3. The lowest BCUT2D eigenvalue weighted by molar-refractivity contribution is 0.112. The summed E-state index contributed by atoms with van der Waals surface area (Å²) in [5, 5.41) is 0.776. The summed E-state index contributed by atoms with van der Waals surface area (Å²) >= 11 is 7.50. The zero-order valence-electron chi connectivity index (χ0n) is 9.57. The van der Waals surface area contributed by atoms with Gasteiger partial charge in [-0.15, -0.1) is 11.3 Å². The van der Waals surface area contributed by atoms with E-state index in [4.69, 9.17) is 11.6 Å². The molecule has 0 fully saturated rings. The van der Waals surface area contributed by atoms with Crippen molar-refractivity contribution in [1.82, 2.24) is 0 Å². The lowest BCUT2D eigenvalue weighted by atomic mass is 10.1. The first-order chi connectivity index (χ1) is 8.19. The Morgan fingerprint density at radius 3 is 2.76 bits per heavy atom. The Morgan fingerprint density at radius 2 is 2.12 bits per heavy atom. The van der Waals surface area contributed by atoms with E-state index >= 15 is 0 Å². The molecule has 0 radical (unpaired) electrons.